The summed E-state index contributed by atoms with van der Waals surface area (Å²) in [5, 5.41) is 2.95. The van der Waals surface area contributed by atoms with Crippen molar-refractivity contribution in [2.24, 2.45) is 0 Å². The molecule has 0 radical (unpaired) electrons. The summed E-state index contributed by atoms with van der Waals surface area (Å²) in [5.74, 6) is 1.76. The lowest BCUT2D eigenvalue weighted by Gasteiger charge is -2.24. The third kappa shape index (κ3) is 5.73. The molecule has 1 aliphatic heterocycles. The van der Waals surface area contributed by atoms with Crippen LogP contribution in [0.25, 0.3) is 0 Å². The highest BCUT2D eigenvalue weighted by atomic mass is 16.5. The van der Waals surface area contributed by atoms with Crippen LogP contribution in [0.2, 0.25) is 0 Å². The van der Waals surface area contributed by atoms with E-state index >= 15 is 0 Å². The summed E-state index contributed by atoms with van der Waals surface area (Å²) in [6.07, 6.45) is 2.20. The molecular formula is C22H28N2O3. The standard InChI is InChI=1S/C22H28N2O3/c1-2-26-20-12-10-18(11-13-20)21-9-6-15-24(21)17-22(25)23-14-16-27-19-7-4-3-5-8-19/h3-5,7-8,10-13,21H,2,6,9,14-17H2,1H3,(H,23,25). The molecule has 1 fully saturated rings. The molecule has 5 nitrogen and oxygen atoms in total. The van der Waals surface area contributed by atoms with Gasteiger partial charge in [0.2, 0.25) is 5.91 Å². The van der Waals surface area contributed by atoms with E-state index < -0.39 is 0 Å². The Morgan fingerprint density at radius 2 is 1.81 bits per heavy atom. The van der Waals surface area contributed by atoms with Gasteiger partial charge in [-0.3, -0.25) is 9.69 Å². The molecule has 1 atom stereocenters. The van der Waals surface area contributed by atoms with Gasteiger partial charge in [-0.05, 0) is 56.1 Å². The van der Waals surface area contributed by atoms with Crippen LogP contribution in [0.3, 0.4) is 0 Å². The number of amides is 1. The summed E-state index contributed by atoms with van der Waals surface area (Å²) in [6, 6.07) is 18.2. The van der Waals surface area contributed by atoms with E-state index in [2.05, 4.69) is 22.3 Å². The highest BCUT2D eigenvalue weighted by Crippen LogP contribution is 2.32. The molecule has 5 heteroatoms. The van der Waals surface area contributed by atoms with Gasteiger partial charge in [0, 0.05) is 6.04 Å². The van der Waals surface area contributed by atoms with Crippen molar-refractivity contribution in [2.75, 3.05) is 32.8 Å². The van der Waals surface area contributed by atoms with Crippen molar-refractivity contribution in [3.8, 4) is 11.5 Å². The molecule has 1 aliphatic rings. The number of benzene rings is 2. The molecule has 0 spiro atoms. The van der Waals surface area contributed by atoms with Crippen LogP contribution in [0.4, 0.5) is 0 Å². The molecule has 1 heterocycles. The van der Waals surface area contributed by atoms with Gasteiger partial charge >= 0.3 is 0 Å². The van der Waals surface area contributed by atoms with Crippen LogP contribution in [0.1, 0.15) is 31.4 Å². The van der Waals surface area contributed by atoms with Crippen molar-refractivity contribution in [2.45, 2.75) is 25.8 Å². The number of hydrogen-bond donors (Lipinski definition) is 1. The Morgan fingerprint density at radius 1 is 1.07 bits per heavy atom. The molecular weight excluding hydrogens is 340 g/mol. The molecule has 2 aromatic rings. The van der Waals surface area contributed by atoms with Crippen molar-refractivity contribution >= 4 is 5.91 Å². The Labute approximate surface area is 161 Å². The van der Waals surface area contributed by atoms with E-state index in [1.54, 1.807) is 0 Å². The van der Waals surface area contributed by atoms with Gasteiger partial charge < -0.3 is 14.8 Å². The fourth-order valence-corrected chi connectivity index (χ4v) is 3.46. The Balaban J connectivity index is 1.43. The minimum atomic E-state index is 0.0458. The number of nitrogens with zero attached hydrogens (tertiary/aromatic N) is 1. The van der Waals surface area contributed by atoms with Gasteiger partial charge in [-0.2, -0.15) is 0 Å². The van der Waals surface area contributed by atoms with Gasteiger partial charge in [0.25, 0.3) is 0 Å². The first-order valence-corrected chi connectivity index (χ1v) is 9.67. The number of rotatable bonds is 9. The second-order valence-corrected chi connectivity index (χ2v) is 6.64. The molecule has 0 aromatic heterocycles. The first-order valence-electron chi connectivity index (χ1n) is 9.67. The van der Waals surface area contributed by atoms with Crippen LogP contribution in [0.5, 0.6) is 11.5 Å². The van der Waals surface area contributed by atoms with Gasteiger partial charge in [-0.25, -0.2) is 0 Å². The second kappa shape index (κ2) is 9.97. The van der Waals surface area contributed by atoms with Gasteiger partial charge in [0.15, 0.2) is 0 Å². The number of nitrogens with one attached hydrogen (secondary N) is 1. The van der Waals surface area contributed by atoms with E-state index in [-0.39, 0.29) is 5.91 Å². The van der Waals surface area contributed by atoms with Gasteiger partial charge in [-0.1, -0.05) is 30.3 Å². The number of hydrogen-bond acceptors (Lipinski definition) is 4. The molecule has 0 saturated carbocycles. The molecule has 1 unspecified atom stereocenters. The topological polar surface area (TPSA) is 50.8 Å². The van der Waals surface area contributed by atoms with Crippen LogP contribution in [-0.4, -0.2) is 43.7 Å². The normalized spacial score (nSPS) is 16.9. The lowest BCUT2D eigenvalue weighted by atomic mass is 10.0. The maximum Gasteiger partial charge on any atom is 0.234 e. The molecule has 1 saturated heterocycles. The van der Waals surface area contributed by atoms with Crippen molar-refractivity contribution in [3.63, 3.8) is 0 Å². The summed E-state index contributed by atoms with van der Waals surface area (Å²) in [6.45, 7) is 5.00. The van der Waals surface area contributed by atoms with Gasteiger partial charge in [0.05, 0.1) is 19.7 Å². The number of ether oxygens (including phenoxy) is 2. The predicted octanol–water partition coefficient (Wildman–Crippen LogP) is 3.42. The summed E-state index contributed by atoms with van der Waals surface area (Å²) < 4.78 is 11.1. The average molecular weight is 368 g/mol. The maximum atomic E-state index is 12.3. The monoisotopic (exact) mass is 368 g/mol. The lowest BCUT2D eigenvalue weighted by molar-refractivity contribution is -0.122. The van der Waals surface area contributed by atoms with E-state index in [1.165, 1.54) is 5.56 Å². The first-order chi connectivity index (χ1) is 13.3. The first kappa shape index (κ1) is 19.2. The summed E-state index contributed by atoms with van der Waals surface area (Å²) in [7, 11) is 0. The fraction of sp³-hybridized carbons (Fsp3) is 0.409. The zero-order valence-corrected chi connectivity index (χ0v) is 15.9. The zero-order valence-electron chi connectivity index (χ0n) is 15.9. The van der Waals surface area contributed by atoms with E-state index in [4.69, 9.17) is 9.47 Å². The van der Waals surface area contributed by atoms with Crippen LogP contribution < -0.4 is 14.8 Å². The molecule has 3 rings (SSSR count). The van der Waals surface area contributed by atoms with E-state index in [0.717, 1.165) is 30.9 Å². The van der Waals surface area contributed by atoms with E-state index in [1.807, 2.05) is 49.4 Å². The van der Waals surface area contributed by atoms with Gasteiger partial charge in [0.1, 0.15) is 18.1 Å². The van der Waals surface area contributed by atoms with Crippen molar-refractivity contribution in [1.29, 1.82) is 0 Å². The van der Waals surface area contributed by atoms with Crippen LogP contribution >= 0.6 is 0 Å². The SMILES string of the molecule is CCOc1ccc(C2CCCN2CC(=O)NCCOc2ccccc2)cc1. The second-order valence-electron chi connectivity index (χ2n) is 6.64. The van der Waals surface area contributed by atoms with Gasteiger partial charge in [-0.15, -0.1) is 0 Å². The van der Waals surface area contributed by atoms with Crippen molar-refractivity contribution in [1.82, 2.24) is 10.2 Å². The van der Waals surface area contributed by atoms with Crippen molar-refractivity contribution < 1.29 is 14.3 Å². The zero-order chi connectivity index (χ0) is 18.9. The number of para-hydroxylation sites is 1. The molecule has 0 bridgehead atoms. The smallest absolute Gasteiger partial charge is 0.234 e. The molecule has 1 amide bonds. The van der Waals surface area contributed by atoms with Crippen molar-refractivity contribution in [3.05, 3.63) is 60.2 Å². The highest BCUT2D eigenvalue weighted by Gasteiger charge is 2.27. The number of carbonyl (C=O) groups is 1. The Hall–Kier alpha value is -2.53. The lowest BCUT2D eigenvalue weighted by Crippen LogP contribution is -2.38. The molecule has 2 aromatic carbocycles. The van der Waals surface area contributed by atoms with Crippen LogP contribution in [0, 0.1) is 0 Å². The Kier molecular flexibility index (Phi) is 7.11. The number of likely N-dealkylation sites (tertiary alicyclic amines) is 1. The maximum absolute atomic E-state index is 12.3. The summed E-state index contributed by atoms with van der Waals surface area (Å²) in [5.41, 5.74) is 1.25. The Bertz CT molecular complexity index is 703. The van der Waals surface area contributed by atoms with Crippen LogP contribution in [-0.2, 0) is 4.79 Å². The highest BCUT2D eigenvalue weighted by molar-refractivity contribution is 5.78. The number of carbonyl (C=O) groups excluding carboxylic acids is 1. The quantitative estimate of drug-likeness (QED) is 0.689. The predicted molar refractivity (Wildman–Crippen MR) is 106 cm³/mol. The van der Waals surface area contributed by atoms with E-state index in [9.17, 15) is 4.79 Å². The molecule has 27 heavy (non-hydrogen) atoms. The third-order valence-electron chi connectivity index (χ3n) is 4.72. The molecule has 0 aliphatic carbocycles. The minimum absolute atomic E-state index is 0.0458. The Morgan fingerprint density at radius 3 is 2.56 bits per heavy atom. The minimum Gasteiger partial charge on any atom is -0.494 e. The third-order valence-corrected chi connectivity index (χ3v) is 4.72. The molecule has 1 N–H and O–H groups in total. The van der Waals surface area contributed by atoms with Crippen LogP contribution in [0.15, 0.2) is 54.6 Å². The van der Waals surface area contributed by atoms with E-state index in [0.29, 0.717) is 32.3 Å². The molecule has 144 valence electrons. The summed E-state index contributed by atoms with van der Waals surface area (Å²) >= 11 is 0. The fourth-order valence-electron chi connectivity index (χ4n) is 3.46. The average Bonchev–Trinajstić information content (AvgIpc) is 3.15. The largest absolute Gasteiger partial charge is 0.494 e. The summed E-state index contributed by atoms with van der Waals surface area (Å²) in [4.78, 5) is 14.6.